The van der Waals surface area contributed by atoms with Crippen LogP contribution in [0.1, 0.15) is 40.3 Å². The van der Waals surface area contributed by atoms with Crippen molar-refractivity contribution >= 4 is 17.6 Å². The van der Waals surface area contributed by atoms with Gasteiger partial charge in [-0.25, -0.2) is 14.5 Å². The van der Waals surface area contributed by atoms with Crippen LogP contribution in [0.3, 0.4) is 0 Å². The standard InChI is InChI=1S/C20H18ClF3N4O5/c1-4-33-18(30)14-13(15(29)10-5-7-11(21)8-6-10)16(20(22,23)24)28(27-14)12-9-25-19(32-3)26-17(12)31-2/h5-9,15,29H,4H2,1-3H3. The molecule has 2 heterocycles. The molecule has 0 spiro atoms. The van der Waals surface area contributed by atoms with Gasteiger partial charge in [0, 0.05) is 5.02 Å². The molecule has 0 aliphatic heterocycles. The van der Waals surface area contributed by atoms with E-state index in [2.05, 4.69) is 15.1 Å². The summed E-state index contributed by atoms with van der Waals surface area (Å²) in [5.74, 6) is -1.46. The van der Waals surface area contributed by atoms with Gasteiger partial charge in [0.25, 0.3) is 0 Å². The van der Waals surface area contributed by atoms with Crippen LogP contribution in [0.25, 0.3) is 5.69 Å². The first-order chi connectivity index (χ1) is 15.6. The van der Waals surface area contributed by atoms with E-state index in [0.717, 1.165) is 6.20 Å². The quantitative estimate of drug-likeness (QED) is 0.504. The number of rotatable bonds is 7. The lowest BCUT2D eigenvalue weighted by Crippen LogP contribution is -2.18. The molecule has 2 aromatic heterocycles. The summed E-state index contributed by atoms with van der Waals surface area (Å²) in [6.45, 7) is 1.35. The third-order valence-electron chi connectivity index (χ3n) is 4.44. The predicted molar refractivity (Wildman–Crippen MR) is 109 cm³/mol. The average molecular weight is 487 g/mol. The van der Waals surface area contributed by atoms with Crippen molar-refractivity contribution in [2.24, 2.45) is 0 Å². The molecule has 1 N–H and O–H groups in total. The number of benzene rings is 1. The Hall–Kier alpha value is -3.38. The van der Waals surface area contributed by atoms with E-state index in [1.165, 1.54) is 45.4 Å². The van der Waals surface area contributed by atoms with Gasteiger partial charge >= 0.3 is 18.2 Å². The van der Waals surface area contributed by atoms with Gasteiger partial charge < -0.3 is 19.3 Å². The Bertz CT molecular complexity index is 1150. The van der Waals surface area contributed by atoms with Crippen molar-refractivity contribution in [2.45, 2.75) is 19.2 Å². The zero-order chi connectivity index (χ0) is 24.3. The molecule has 1 unspecified atom stereocenters. The molecule has 3 rings (SSSR count). The van der Waals surface area contributed by atoms with Crippen LogP contribution in [0.2, 0.25) is 5.02 Å². The first-order valence-electron chi connectivity index (χ1n) is 9.38. The highest BCUT2D eigenvalue weighted by Crippen LogP contribution is 2.41. The minimum Gasteiger partial charge on any atom is -0.479 e. The van der Waals surface area contributed by atoms with Gasteiger partial charge in [-0.2, -0.15) is 23.3 Å². The topological polar surface area (TPSA) is 109 Å². The Morgan fingerprint density at radius 3 is 2.42 bits per heavy atom. The number of carbonyl (C=O) groups is 1. The van der Waals surface area contributed by atoms with Crippen molar-refractivity contribution in [3.63, 3.8) is 0 Å². The van der Waals surface area contributed by atoms with Crippen molar-refractivity contribution in [3.8, 4) is 17.6 Å². The number of hydrogen-bond donors (Lipinski definition) is 1. The predicted octanol–water partition coefficient (Wildman–Crippen LogP) is 3.61. The molecular formula is C20H18ClF3N4O5. The second-order valence-corrected chi connectivity index (χ2v) is 6.88. The van der Waals surface area contributed by atoms with Gasteiger partial charge in [0.2, 0.25) is 5.88 Å². The van der Waals surface area contributed by atoms with Gasteiger partial charge in [0.1, 0.15) is 11.8 Å². The van der Waals surface area contributed by atoms with Gasteiger partial charge in [-0.15, -0.1) is 0 Å². The van der Waals surface area contributed by atoms with Crippen molar-refractivity contribution in [3.05, 3.63) is 58.0 Å². The lowest BCUT2D eigenvalue weighted by atomic mass is 9.98. The molecule has 0 saturated heterocycles. The fourth-order valence-corrected chi connectivity index (χ4v) is 3.16. The fourth-order valence-electron chi connectivity index (χ4n) is 3.04. The number of hydrogen-bond acceptors (Lipinski definition) is 8. The molecule has 0 aliphatic rings. The highest BCUT2D eigenvalue weighted by Gasteiger charge is 2.45. The Morgan fingerprint density at radius 2 is 1.88 bits per heavy atom. The lowest BCUT2D eigenvalue weighted by molar-refractivity contribution is -0.144. The second kappa shape index (κ2) is 9.63. The molecule has 0 aliphatic carbocycles. The zero-order valence-electron chi connectivity index (χ0n) is 17.6. The summed E-state index contributed by atoms with van der Waals surface area (Å²) in [6, 6.07) is 5.28. The second-order valence-electron chi connectivity index (χ2n) is 6.45. The smallest absolute Gasteiger partial charge is 0.433 e. The summed E-state index contributed by atoms with van der Waals surface area (Å²) >= 11 is 5.84. The number of ether oxygens (including phenoxy) is 3. The highest BCUT2D eigenvalue weighted by atomic mass is 35.5. The number of aliphatic hydroxyl groups excluding tert-OH is 1. The number of methoxy groups -OCH3 is 2. The van der Waals surface area contributed by atoms with Crippen LogP contribution >= 0.6 is 11.6 Å². The number of alkyl halides is 3. The maximum Gasteiger partial charge on any atom is 0.433 e. The molecule has 33 heavy (non-hydrogen) atoms. The Balaban J connectivity index is 2.35. The number of aromatic nitrogens is 4. The zero-order valence-corrected chi connectivity index (χ0v) is 18.3. The molecule has 13 heteroatoms. The summed E-state index contributed by atoms with van der Waals surface area (Å²) < 4.78 is 58.2. The van der Waals surface area contributed by atoms with Crippen LogP contribution < -0.4 is 9.47 Å². The van der Waals surface area contributed by atoms with Gasteiger partial charge in [-0.05, 0) is 24.6 Å². The molecule has 0 bridgehead atoms. The highest BCUT2D eigenvalue weighted by molar-refractivity contribution is 6.30. The summed E-state index contributed by atoms with van der Waals surface area (Å²) in [5, 5.41) is 15.0. The maximum absolute atomic E-state index is 14.3. The number of halogens is 4. The monoisotopic (exact) mass is 486 g/mol. The molecule has 1 aromatic carbocycles. The third kappa shape index (κ3) is 4.86. The van der Waals surface area contributed by atoms with E-state index in [1.54, 1.807) is 0 Å². The van der Waals surface area contributed by atoms with Crippen molar-refractivity contribution < 1.29 is 37.3 Å². The van der Waals surface area contributed by atoms with Crippen LogP contribution in [0, 0.1) is 0 Å². The number of carbonyl (C=O) groups excluding carboxylic acids is 1. The van der Waals surface area contributed by atoms with Gasteiger partial charge in [-0.3, -0.25) is 0 Å². The Labute approximate surface area is 190 Å². The van der Waals surface area contributed by atoms with Crippen LogP contribution in [-0.2, 0) is 10.9 Å². The van der Waals surface area contributed by atoms with Crippen LogP contribution in [0.5, 0.6) is 11.9 Å². The average Bonchev–Trinajstić information content (AvgIpc) is 3.20. The van der Waals surface area contributed by atoms with Gasteiger partial charge in [0.05, 0.1) is 32.6 Å². The first kappa shape index (κ1) is 24.3. The van der Waals surface area contributed by atoms with Gasteiger partial charge in [-0.1, -0.05) is 23.7 Å². The number of aliphatic hydroxyl groups is 1. The van der Waals surface area contributed by atoms with Crippen molar-refractivity contribution in [1.82, 2.24) is 19.7 Å². The summed E-state index contributed by atoms with van der Waals surface area (Å²) in [6.07, 6.45) is -5.97. The first-order valence-corrected chi connectivity index (χ1v) is 9.76. The normalized spacial score (nSPS) is 12.4. The molecular weight excluding hydrogens is 469 g/mol. The largest absolute Gasteiger partial charge is 0.479 e. The lowest BCUT2D eigenvalue weighted by Gasteiger charge is -2.17. The van der Waals surface area contributed by atoms with Crippen LogP contribution in [0.15, 0.2) is 30.5 Å². The van der Waals surface area contributed by atoms with E-state index < -0.39 is 35.2 Å². The Kier molecular flexibility index (Phi) is 7.08. The van der Waals surface area contributed by atoms with Crippen molar-refractivity contribution in [1.29, 1.82) is 0 Å². The minimum absolute atomic E-state index is 0.0490. The van der Waals surface area contributed by atoms with Gasteiger partial charge in [0.15, 0.2) is 11.4 Å². The molecule has 0 saturated carbocycles. The minimum atomic E-state index is -5.06. The fraction of sp³-hybridized carbons (Fsp3) is 0.300. The molecule has 3 aromatic rings. The third-order valence-corrected chi connectivity index (χ3v) is 4.69. The summed E-state index contributed by atoms with van der Waals surface area (Å²) in [5.41, 5.74) is -3.26. The summed E-state index contributed by atoms with van der Waals surface area (Å²) in [4.78, 5) is 20.2. The molecule has 1 atom stereocenters. The van der Waals surface area contributed by atoms with E-state index in [9.17, 15) is 23.1 Å². The molecule has 176 valence electrons. The molecule has 9 nitrogen and oxygen atoms in total. The molecule has 0 radical (unpaired) electrons. The van der Waals surface area contributed by atoms with E-state index in [0.29, 0.717) is 9.70 Å². The van der Waals surface area contributed by atoms with E-state index in [4.69, 9.17) is 25.8 Å². The van der Waals surface area contributed by atoms with Crippen molar-refractivity contribution in [2.75, 3.05) is 20.8 Å². The molecule has 0 fully saturated rings. The van der Waals surface area contributed by atoms with E-state index >= 15 is 0 Å². The van der Waals surface area contributed by atoms with Crippen LogP contribution in [-0.4, -0.2) is 51.7 Å². The maximum atomic E-state index is 14.3. The Morgan fingerprint density at radius 1 is 1.21 bits per heavy atom. The molecule has 0 amide bonds. The number of nitrogens with zero attached hydrogens (tertiary/aromatic N) is 4. The SMILES string of the molecule is CCOC(=O)c1nn(-c2cnc(OC)nc2OC)c(C(F)(F)F)c1C(O)c1ccc(Cl)cc1. The van der Waals surface area contributed by atoms with E-state index in [-0.39, 0.29) is 29.7 Å². The van der Waals surface area contributed by atoms with E-state index in [1.807, 2.05) is 0 Å². The van der Waals surface area contributed by atoms with Crippen LogP contribution in [0.4, 0.5) is 13.2 Å². The number of esters is 1. The summed E-state index contributed by atoms with van der Waals surface area (Å²) in [7, 11) is 2.45.